The number of nitrogens with zero attached hydrogens (tertiary/aromatic N) is 5. The van der Waals surface area contributed by atoms with E-state index < -0.39 is 11.7 Å². The van der Waals surface area contributed by atoms with Crippen molar-refractivity contribution in [3.63, 3.8) is 0 Å². The first-order chi connectivity index (χ1) is 15.0. The molecule has 1 aliphatic heterocycles. The molecule has 1 fully saturated rings. The zero-order valence-electron chi connectivity index (χ0n) is 16.7. The summed E-state index contributed by atoms with van der Waals surface area (Å²) in [6.45, 7) is 4.26. The number of amides is 2. The molecule has 160 valence electrons. The molecule has 0 spiro atoms. The molecule has 3 heterocycles. The normalized spacial score (nSPS) is 13.7. The van der Waals surface area contributed by atoms with Crippen molar-refractivity contribution in [3.8, 4) is 0 Å². The summed E-state index contributed by atoms with van der Waals surface area (Å²) >= 11 is 0. The van der Waals surface area contributed by atoms with Crippen molar-refractivity contribution >= 4 is 35.0 Å². The Bertz CT molecular complexity index is 1080. The van der Waals surface area contributed by atoms with Crippen molar-refractivity contribution in [1.82, 2.24) is 20.1 Å². The summed E-state index contributed by atoms with van der Waals surface area (Å²) in [5.74, 6) is -0.423. The highest BCUT2D eigenvalue weighted by Crippen LogP contribution is 2.19. The SMILES string of the molecule is CC(=O)N1CCN(c2ccc(NC(=O)c3nnc(Nc4cccc(F)c4)o3)cn2)CC1. The van der Waals surface area contributed by atoms with E-state index in [1.807, 2.05) is 0 Å². The second kappa shape index (κ2) is 8.78. The predicted molar refractivity (Wildman–Crippen MR) is 111 cm³/mol. The summed E-state index contributed by atoms with van der Waals surface area (Å²) in [6.07, 6.45) is 1.53. The van der Waals surface area contributed by atoms with Crippen LogP contribution in [-0.4, -0.2) is 58.1 Å². The molecule has 4 rings (SSSR count). The Kier molecular flexibility index (Phi) is 5.74. The minimum absolute atomic E-state index is 0.0334. The van der Waals surface area contributed by atoms with Gasteiger partial charge in [-0.1, -0.05) is 11.2 Å². The standard InChI is InChI=1S/C20H20FN7O3/c1-13(29)27-7-9-28(10-8-27)17-6-5-16(12-22-17)23-18(30)19-25-26-20(31-19)24-15-4-2-3-14(21)11-15/h2-6,11-12H,7-10H2,1H3,(H,23,30)(H,24,26). The third-order valence-electron chi connectivity index (χ3n) is 4.75. The van der Waals surface area contributed by atoms with Crippen molar-refractivity contribution in [3.05, 3.63) is 54.3 Å². The molecule has 0 saturated carbocycles. The zero-order chi connectivity index (χ0) is 21.8. The van der Waals surface area contributed by atoms with Gasteiger partial charge in [0.1, 0.15) is 11.6 Å². The number of piperazine rings is 1. The van der Waals surface area contributed by atoms with Crippen molar-refractivity contribution in [1.29, 1.82) is 0 Å². The summed E-state index contributed by atoms with van der Waals surface area (Å²) in [5, 5.41) is 12.8. The highest BCUT2D eigenvalue weighted by molar-refractivity contribution is 6.00. The molecule has 31 heavy (non-hydrogen) atoms. The second-order valence-electron chi connectivity index (χ2n) is 6.90. The van der Waals surface area contributed by atoms with Gasteiger partial charge in [-0.15, -0.1) is 5.10 Å². The molecule has 0 aliphatic carbocycles. The van der Waals surface area contributed by atoms with E-state index in [0.717, 1.165) is 5.82 Å². The van der Waals surface area contributed by atoms with Crippen LogP contribution in [0.2, 0.25) is 0 Å². The van der Waals surface area contributed by atoms with Gasteiger partial charge >= 0.3 is 17.8 Å². The summed E-state index contributed by atoms with van der Waals surface area (Å²) in [5.41, 5.74) is 0.883. The summed E-state index contributed by atoms with van der Waals surface area (Å²) in [4.78, 5) is 32.0. The molecule has 0 atom stereocenters. The minimum atomic E-state index is -0.593. The lowest BCUT2D eigenvalue weighted by Gasteiger charge is -2.34. The Labute approximate surface area is 177 Å². The topological polar surface area (TPSA) is 116 Å². The van der Waals surface area contributed by atoms with E-state index in [1.165, 1.54) is 24.4 Å². The van der Waals surface area contributed by atoms with Gasteiger partial charge in [-0.25, -0.2) is 9.37 Å². The Hall–Kier alpha value is -4.02. The molecular weight excluding hydrogens is 405 g/mol. The average Bonchev–Trinajstić information content (AvgIpc) is 3.23. The van der Waals surface area contributed by atoms with Gasteiger partial charge in [0.15, 0.2) is 0 Å². The third kappa shape index (κ3) is 4.94. The van der Waals surface area contributed by atoms with E-state index in [0.29, 0.717) is 37.6 Å². The maximum atomic E-state index is 13.2. The van der Waals surface area contributed by atoms with Gasteiger partial charge in [-0.2, -0.15) is 0 Å². The number of aromatic nitrogens is 3. The number of halogens is 1. The number of anilines is 4. The van der Waals surface area contributed by atoms with Gasteiger partial charge in [-0.05, 0) is 30.3 Å². The largest absolute Gasteiger partial charge is 0.399 e. The zero-order valence-corrected chi connectivity index (χ0v) is 16.7. The van der Waals surface area contributed by atoms with E-state index in [1.54, 1.807) is 30.0 Å². The number of nitrogens with one attached hydrogen (secondary N) is 2. The van der Waals surface area contributed by atoms with Crippen LogP contribution in [0.15, 0.2) is 47.0 Å². The van der Waals surface area contributed by atoms with Crippen LogP contribution >= 0.6 is 0 Å². The third-order valence-corrected chi connectivity index (χ3v) is 4.75. The lowest BCUT2D eigenvalue weighted by molar-refractivity contribution is -0.129. The van der Waals surface area contributed by atoms with Crippen LogP contribution in [0.25, 0.3) is 0 Å². The molecule has 10 nitrogen and oxygen atoms in total. The molecule has 0 radical (unpaired) electrons. The van der Waals surface area contributed by atoms with Gasteiger partial charge < -0.3 is 24.9 Å². The quantitative estimate of drug-likeness (QED) is 0.640. The molecule has 2 N–H and O–H groups in total. The Balaban J connectivity index is 1.34. The van der Waals surface area contributed by atoms with E-state index in [4.69, 9.17) is 4.42 Å². The molecule has 1 aromatic carbocycles. The second-order valence-corrected chi connectivity index (χ2v) is 6.90. The predicted octanol–water partition coefficient (Wildman–Crippen LogP) is 2.27. The lowest BCUT2D eigenvalue weighted by Crippen LogP contribution is -2.48. The van der Waals surface area contributed by atoms with Gasteiger partial charge in [0.2, 0.25) is 5.91 Å². The number of carbonyl (C=O) groups excluding carboxylic acids is 2. The summed E-state index contributed by atoms with van der Waals surface area (Å²) in [7, 11) is 0. The average molecular weight is 425 g/mol. The van der Waals surface area contributed by atoms with Gasteiger partial charge in [-0.3, -0.25) is 9.59 Å². The minimum Gasteiger partial charge on any atom is -0.399 e. The number of hydrogen-bond acceptors (Lipinski definition) is 8. The number of carbonyl (C=O) groups is 2. The lowest BCUT2D eigenvalue weighted by atomic mass is 10.3. The maximum Gasteiger partial charge on any atom is 0.320 e. The van der Waals surface area contributed by atoms with E-state index >= 15 is 0 Å². The molecule has 1 saturated heterocycles. The molecule has 0 bridgehead atoms. The number of rotatable bonds is 5. The number of hydrogen-bond donors (Lipinski definition) is 2. The van der Waals surface area contributed by atoms with E-state index in [9.17, 15) is 14.0 Å². The van der Waals surface area contributed by atoms with Crippen molar-refractivity contribution in [2.24, 2.45) is 0 Å². The van der Waals surface area contributed by atoms with E-state index in [-0.39, 0.29) is 17.8 Å². The van der Waals surface area contributed by atoms with Gasteiger partial charge in [0.05, 0.1) is 11.9 Å². The van der Waals surface area contributed by atoms with Gasteiger partial charge in [0, 0.05) is 38.8 Å². The van der Waals surface area contributed by atoms with Crippen LogP contribution in [0.4, 0.5) is 27.6 Å². The summed E-state index contributed by atoms with van der Waals surface area (Å²) < 4.78 is 18.5. The van der Waals surface area contributed by atoms with Crippen molar-refractivity contribution in [2.45, 2.75) is 6.92 Å². The molecule has 11 heteroatoms. The van der Waals surface area contributed by atoms with Crippen LogP contribution in [0.5, 0.6) is 0 Å². The first-order valence-electron chi connectivity index (χ1n) is 9.62. The van der Waals surface area contributed by atoms with Crippen LogP contribution < -0.4 is 15.5 Å². The number of benzene rings is 1. The van der Waals surface area contributed by atoms with Gasteiger partial charge in [0.25, 0.3) is 0 Å². The highest BCUT2D eigenvalue weighted by Gasteiger charge is 2.20. The Morgan fingerprint density at radius 3 is 2.55 bits per heavy atom. The first kappa shape index (κ1) is 20.3. The Morgan fingerprint density at radius 1 is 1.06 bits per heavy atom. The summed E-state index contributed by atoms with van der Waals surface area (Å²) in [6, 6.07) is 9.21. The molecule has 2 aromatic heterocycles. The first-order valence-corrected chi connectivity index (χ1v) is 9.62. The van der Waals surface area contributed by atoms with E-state index in [2.05, 4.69) is 30.7 Å². The van der Waals surface area contributed by atoms with Crippen LogP contribution in [0.3, 0.4) is 0 Å². The molecule has 0 unspecified atom stereocenters. The van der Waals surface area contributed by atoms with Crippen LogP contribution in [0, 0.1) is 5.82 Å². The molecule has 1 aliphatic rings. The fraction of sp³-hybridized carbons (Fsp3) is 0.250. The fourth-order valence-corrected chi connectivity index (χ4v) is 3.14. The monoisotopic (exact) mass is 425 g/mol. The molecule has 2 amide bonds. The molecule has 3 aromatic rings. The van der Waals surface area contributed by atoms with Crippen molar-refractivity contribution < 1.29 is 18.4 Å². The smallest absolute Gasteiger partial charge is 0.320 e. The van der Waals surface area contributed by atoms with Crippen LogP contribution in [0.1, 0.15) is 17.6 Å². The maximum absolute atomic E-state index is 13.2. The Morgan fingerprint density at radius 2 is 1.87 bits per heavy atom. The van der Waals surface area contributed by atoms with Crippen LogP contribution in [-0.2, 0) is 4.79 Å². The number of pyridine rings is 1. The van der Waals surface area contributed by atoms with Crippen molar-refractivity contribution in [2.75, 3.05) is 41.7 Å². The fourth-order valence-electron chi connectivity index (χ4n) is 3.14. The molecular formula is C20H20FN7O3. The highest BCUT2D eigenvalue weighted by atomic mass is 19.1.